The number of carbonyl (C=O) groups excluding carboxylic acids is 6. The lowest BCUT2D eigenvalue weighted by Crippen LogP contribution is -2.18. The Morgan fingerprint density at radius 3 is 0.443 bits per heavy atom. The molecule has 41 heteroatoms. The maximum Gasteiger partial charge on any atom is 0.490 e. The van der Waals surface area contributed by atoms with E-state index >= 15 is 0 Å². The molecule has 0 saturated carbocycles. The van der Waals surface area contributed by atoms with E-state index in [1.807, 2.05) is 41.5 Å². The molecule has 0 radical (unpaired) electrons. The normalized spacial score (nSPS) is 12.6. The molecule has 9 aromatic rings. The van der Waals surface area contributed by atoms with Crippen molar-refractivity contribution in [2.45, 2.75) is 41.5 Å². The zero-order valence-corrected chi connectivity index (χ0v) is 91.3. The van der Waals surface area contributed by atoms with Gasteiger partial charge in [-0.25, -0.2) is 44.4 Å². The standard InChI is InChI=1S/C108H114N18O15P4S4/c1-16-22-28-34-103(127)118(7)109-76-85-40-58-94(59-41-85)133-142(146,134-95-60-42-86(43-61-95)77-110-119(8)104(128)35-29-23-17-2)124(13)115-82-91-52-70-100(71-53-91)139-145(149,140-101-72-54-92(55-73-101)83-116-125(14)143(147,135-96-62-44-87(45-63-96)78-111-120(9)105(129)36-30-24-18-3)136-97-64-46-88(47-65-97)79-112-121(10)106(130)37-31-25-19-4)141-102-74-56-93(57-75-102)84-117-126(15)144(148,137-98-66-48-89(49-67-98)80-113-122(11)107(131)38-32-26-20-5)138-99-68-50-90(51-69-99)81-114-123(12)108(132)39-33-27-21-6/h16-84H,1-15H3/b22-16+,23-17+,24-18+,25-19+,26-20+,27-21+,34-28+,35-29+,36-30+,37-31+,38-32+,39-33+,109-76+,110-77+,111-78+,112-79+,113-80+,114-81+,115-82+,116-83+,117-84+. The molecule has 0 spiro atoms. The van der Waals surface area contributed by atoms with Crippen LogP contribution in [0, 0.1) is 0 Å². The monoisotopic (exact) mass is 2150 g/mol. The topological polar surface area (TPSA) is 326 Å². The van der Waals surface area contributed by atoms with Crippen molar-refractivity contribution in [2.75, 3.05) is 63.4 Å². The third-order valence-electron chi connectivity index (χ3n) is 19.5. The average molecular weight is 2160 g/mol. The molecule has 33 nitrogen and oxygen atoms in total. The fraction of sp³-hybridized carbons (Fsp3) is 0.139. The highest BCUT2D eigenvalue weighted by Crippen LogP contribution is 2.55. The lowest BCUT2D eigenvalue weighted by atomic mass is 10.2. The molecular weight excluding hydrogens is 2040 g/mol. The minimum Gasteiger partial charge on any atom is -0.420 e. The number of rotatable bonds is 51. The van der Waals surface area contributed by atoms with Crippen molar-refractivity contribution in [2.24, 2.45) is 45.9 Å². The van der Waals surface area contributed by atoms with Crippen LogP contribution in [0.3, 0.4) is 0 Å². The van der Waals surface area contributed by atoms with Crippen molar-refractivity contribution >= 4 is 165 Å². The summed E-state index contributed by atoms with van der Waals surface area (Å²) in [5, 5.41) is 47.4. The first-order chi connectivity index (χ1) is 71.6. The first kappa shape index (κ1) is 116. The van der Waals surface area contributed by atoms with Gasteiger partial charge < -0.3 is 40.7 Å². The molecule has 770 valence electrons. The third-order valence-corrected chi connectivity index (χ3v) is 30.1. The van der Waals surface area contributed by atoms with Gasteiger partial charge in [-0.1, -0.05) is 109 Å². The number of amides is 6. The minimum atomic E-state index is -4.00. The molecule has 0 bridgehead atoms. The highest BCUT2D eigenvalue weighted by Gasteiger charge is 2.34. The Hall–Kier alpha value is -16.1. The lowest BCUT2D eigenvalue weighted by Gasteiger charge is -2.29. The molecular formula is C108H114N18O15P4S4. The van der Waals surface area contributed by atoms with Crippen LogP contribution in [-0.4, -0.2) is 199 Å². The van der Waals surface area contributed by atoms with Crippen LogP contribution in [0.5, 0.6) is 51.7 Å². The van der Waals surface area contributed by atoms with Crippen LogP contribution in [0.2, 0.25) is 0 Å². The van der Waals surface area contributed by atoms with Crippen LogP contribution >= 0.6 is 26.6 Å². The van der Waals surface area contributed by atoms with E-state index in [9.17, 15) is 28.8 Å². The van der Waals surface area contributed by atoms with Crippen molar-refractivity contribution in [3.8, 4) is 51.7 Å². The van der Waals surface area contributed by atoms with Crippen LogP contribution < -0.4 is 40.7 Å². The van der Waals surface area contributed by atoms with Crippen molar-refractivity contribution in [1.82, 2.24) is 44.4 Å². The fourth-order valence-electron chi connectivity index (χ4n) is 11.2. The second-order valence-corrected chi connectivity index (χ2v) is 43.5. The Kier molecular flexibility index (Phi) is 47.0. The van der Waals surface area contributed by atoms with E-state index < -0.39 is 26.6 Å². The number of allylic oxidation sites excluding steroid dienone is 18. The first-order valence-electron chi connectivity index (χ1n) is 45.7. The second-order valence-electron chi connectivity index (χ2n) is 30.9. The van der Waals surface area contributed by atoms with Gasteiger partial charge in [-0.15, -0.1) is 0 Å². The van der Waals surface area contributed by atoms with Gasteiger partial charge in [0.05, 0.1) is 55.9 Å². The molecule has 0 unspecified atom stereocenters. The lowest BCUT2D eigenvalue weighted by molar-refractivity contribution is -0.125. The first-order valence-corrected chi connectivity index (χ1v) is 56.0. The summed E-state index contributed by atoms with van der Waals surface area (Å²) in [7, 11) is 14.2. The minimum absolute atomic E-state index is 0.241. The van der Waals surface area contributed by atoms with Crippen LogP contribution in [0.25, 0.3) is 0 Å². The largest absolute Gasteiger partial charge is 0.490 e. The molecule has 0 aromatic heterocycles. The highest BCUT2D eigenvalue weighted by atomic mass is 32.5. The maximum absolute atomic E-state index is 12.7. The highest BCUT2D eigenvalue weighted by molar-refractivity contribution is 8.10. The zero-order valence-electron chi connectivity index (χ0n) is 84.4. The molecule has 0 atom stereocenters. The summed E-state index contributed by atoms with van der Waals surface area (Å²) < 4.78 is 63.9. The van der Waals surface area contributed by atoms with Gasteiger partial charge in [0.2, 0.25) is 0 Å². The van der Waals surface area contributed by atoms with Crippen molar-refractivity contribution in [3.05, 3.63) is 414 Å². The summed E-state index contributed by atoms with van der Waals surface area (Å²) in [4.78, 5) is 75.9. The van der Waals surface area contributed by atoms with E-state index in [0.717, 1.165) is 0 Å². The summed E-state index contributed by atoms with van der Waals surface area (Å²) in [6, 6.07) is 61.7. The van der Waals surface area contributed by atoms with E-state index in [0.29, 0.717) is 84.6 Å². The number of likely N-dealkylation sites (N-methyl/N-ethyl adjacent to an activating group) is 6. The molecule has 0 fully saturated rings. The fourth-order valence-corrected chi connectivity index (χ4v) is 18.9. The van der Waals surface area contributed by atoms with Gasteiger partial charge in [-0.05, 0) is 310 Å². The summed E-state index contributed by atoms with van der Waals surface area (Å²) in [5.74, 6) is 0.798. The van der Waals surface area contributed by atoms with E-state index in [2.05, 4.69) is 30.6 Å². The van der Waals surface area contributed by atoms with Gasteiger partial charge in [-0.2, -0.15) is 45.9 Å². The predicted molar refractivity (Wildman–Crippen MR) is 613 cm³/mol. The van der Waals surface area contributed by atoms with Crippen LogP contribution in [0.15, 0.2) is 410 Å². The van der Waals surface area contributed by atoms with Gasteiger partial charge in [0.15, 0.2) is 0 Å². The summed E-state index contributed by atoms with van der Waals surface area (Å²) in [6.07, 6.45) is 53.4. The summed E-state index contributed by atoms with van der Waals surface area (Å²) in [6.45, 7) is -3.89. The number of hydrogen-bond acceptors (Lipinski definition) is 28. The molecule has 0 heterocycles. The number of hydrazone groups is 9. The Morgan fingerprint density at radius 2 is 0.315 bits per heavy atom. The van der Waals surface area contributed by atoms with Gasteiger partial charge in [-0.3, -0.25) is 28.8 Å². The number of hydrogen-bond donors (Lipinski definition) is 0. The van der Waals surface area contributed by atoms with E-state index in [1.54, 1.807) is 410 Å². The van der Waals surface area contributed by atoms with Crippen LogP contribution in [0.1, 0.15) is 91.6 Å². The summed E-state index contributed by atoms with van der Waals surface area (Å²) >= 11 is 25.3. The zero-order chi connectivity index (χ0) is 108. The molecule has 0 saturated heterocycles. The molecule has 149 heavy (non-hydrogen) atoms. The third kappa shape index (κ3) is 40.0. The number of benzene rings is 9. The SMILES string of the molecule is C/C=C/C=C/C(=O)N(C)/N=C/c1ccc(OP(=S)(Oc2ccc(/C=N/N(C)C(=O)/C=C/C=C/C)cc2)N(C)/N=C/c2ccc(OP(=S)(Oc3ccc(/C=N/N(C)P(=S)(Oc4ccc(/C=N/N(C)C(=O)/C=C/C=C/C)cc4)Oc4ccc(/C=N/N(C)C(=O)/C=C/C=C/C)cc4)cc3)Oc3ccc(/C=N/N(C)P(=S)(Oc4ccc(/C=N/N(C)C(=O)/C=C/C=C/C)cc4)Oc4ccc(/C=N/N(C)C(=O)/C=C/C=C/C)cc4)cc3)cc2)cc1. The van der Waals surface area contributed by atoms with Crippen molar-refractivity contribution in [3.63, 3.8) is 0 Å². The molecule has 9 rings (SSSR count). The Labute approximate surface area is 889 Å². The van der Waals surface area contributed by atoms with Crippen molar-refractivity contribution in [1.29, 1.82) is 0 Å². The molecule has 0 N–H and O–H groups in total. The quantitative estimate of drug-likeness (QED) is 0.0112. The number of nitrogens with zero attached hydrogens (tertiary/aromatic N) is 18. The smallest absolute Gasteiger partial charge is 0.420 e. The number of carbonyl (C=O) groups is 6. The average Bonchev–Trinajstić information content (AvgIpc) is 0.817. The van der Waals surface area contributed by atoms with Crippen LogP contribution in [-0.2, 0) is 76.0 Å². The van der Waals surface area contributed by atoms with E-state index in [1.165, 1.54) is 118 Å². The Bertz CT molecular complexity index is 5990. The van der Waals surface area contributed by atoms with Gasteiger partial charge in [0, 0.05) is 147 Å². The van der Waals surface area contributed by atoms with Crippen LogP contribution in [0.4, 0.5) is 0 Å². The maximum atomic E-state index is 12.7. The molecule has 0 aliphatic rings. The van der Waals surface area contributed by atoms with E-state index in [-0.39, 0.29) is 52.7 Å². The molecule has 6 amide bonds. The second kappa shape index (κ2) is 60.1. The Morgan fingerprint density at radius 1 is 0.195 bits per heavy atom. The van der Waals surface area contributed by atoms with Gasteiger partial charge in [0.25, 0.3) is 35.4 Å². The van der Waals surface area contributed by atoms with E-state index in [4.69, 9.17) is 103 Å². The van der Waals surface area contributed by atoms with Gasteiger partial charge in [0.1, 0.15) is 51.7 Å². The van der Waals surface area contributed by atoms with Gasteiger partial charge >= 0.3 is 26.6 Å². The molecule has 9 aromatic carbocycles. The summed E-state index contributed by atoms with van der Waals surface area (Å²) in [5.41, 5.74) is 5.64. The van der Waals surface area contributed by atoms with Crippen molar-refractivity contribution < 1.29 is 69.5 Å². The Balaban J connectivity index is 1.02. The predicted octanol–water partition coefficient (Wildman–Crippen LogP) is 21.9. The molecule has 0 aliphatic carbocycles. The molecule has 0 aliphatic heterocycles.